The zero-order valence-corrected chi connectivity index (χ0v) is 12.0. The van der Waals surface area contributed by atoms with Crippen LogP contribution in [-0.2, 0) is 9.53 Å². The van der Waals surface area contributed by atoms with Gasteiger partial charge in [0.2, 0.25) is 0 Å². The van der Waals surface area contributed by atoms with E-state index in [-0.39, 0.29) is 12.3 Å². The molecule has 1 atom stereocenters. The van der Waals surface area contributed by atoms with E-state index in [4.69, 9.17) is 16.3 Å². The number of nitrogens with one attached hydrogen (secondary N) is 2. The summed E-state index contributed by atoms with van der Waals surface area (Å²) >= 11 is 6.15. The molecule has 1 aliphatic rings. The lowest BCUT2D eigenvalue weighted by atomic mass is 9.96. The number of hydrogen-bond acceptors (Lipinski definition) is 3. The number of urea groups is 1. The van der Waals surface area contributed by atoms with Gasteiger partial charge in [-0.15, -0.1) is 0 Å². The Morgan fingerprint density at radius 1 is 1.40 bits per heavy atom. The van der Waals surface area contributed by atoms with Gasteiger partial charge in [0.15, 0.2) is 0 Å². The smallest absolute Gasteiger partial charge is 0.354 e. The van der Waals surface area contributed by atoms with Crippen molar-refractivity contribution in [3.05, 3.63) is 46.1 Å². The molecule has 106 valence electrons. The molecule has 1 aliphatic heterocycles. The van der Waals surface area contributed by atoms with Crippen molar-refractivity contribution in [2.45, 2.75) is 19.9 Å². The van der Waals surface area contributed by atoms with Gasteiger partial charge < -0.3 is 15.4 Å². The van der Waals surface area contributed by atoms with Crippen LogP contribution in [0.25, 0.3) is 0 Å². The van der Waals surface area contributed by atoms with Crippen LogP contribution in [0, 0.1) is 0 Å². The number of halogens is 1. The van der Waals surface area contributed by atoms with Gasteiger partial charge in [-0.25, -0.2) is 9.59 Å². The Kier molecular flexibility index (Phi) is 4.29. The van der Waals surface area contributed by atoms with Crippen molar-refractivity contribution in [1.29, 1.82) is 0 Å². The van der Waals surface area contributed by atoms with E-state index in [9.17, 15) is 9.59 Å². The minimum absolute atomic E-state index is 0.167. The molecule has 0 fully saturated rings. The number of rotatable bonds is 3. The predicted octanol–water partition coefficient (Wildman–Crippen LogP) is 2.53. The number of benzene rings is 1. The molecule has 20 heavy (non-hydrogen) atoms. The standard InChI is InChI=1S/C14H15ClN2O3/c1-3-20-13(18)12-8(2)11(16-14(19)17-12)9-6-4-5-7-10(9)15/h4-7,11H,3H2,1-2H3,(H2,16,17,19). The van der Waals surface area contributed by atoms with Crippen molar-refractivity contribution in [3.8, 4) is 0 Å². The van der Waals surface area contributed by atoms with E-state index >= 15 is 0 Å². The summed E-state index contributed by atoms with van der Waals surface area (Å²) in [5.74, 6) is -0.545. The maximum absolute atomic E-state index is 11.9. The van der Waals surface area contributed by atoms with Crippen LogP contribution in [-0.4, -0.2) is 18.6 Å². The van der Waals surface area contributed by atoms with Crippen LogP contribution < -0.4 is 10.6 Å². The summed E-state index contributed by atoms with van der Waals surface area (Å²) in [4.78, 5) is 23.6. The number of hydrogen-bond donors (Lipinski definition) is 2. The number of carbonyl (C=O) groups excluding carboxylic acids is 2. The van der Waals surface area contributed by atoms with E-state index in [0.29, 0.717) is 10.6 Å². The Bertz CT molecular complexity index is 584. The molecule has 1 heterocycles. The second kappa shape index (κ2) is 5.96. The molecule has 2 rings (SSSR count). The molecule has 0 aliphatic carbocycles. The Labute approximate surface area is 121 Å². The van der Waals surface area contributed by atoms with Crippen molar-refractivity contribution >= 4 is 23.6 Å². The molecule has 6 heteroatoms. The van der Waals surface area contributed by atoms with E-state index in [1.807, 2.05) is 12.1 Å². The van der Waals surface area contributed by atoms with Crippen LogP contribution in [0.15, 0.2) is 35.5 Å². The van der Waals surface area contributed by atoms with Gasteiger partial charge in [-0.3, -0.25) is 0 Å². The van der Waals surface area contributed by atoms with Crippen LogP contribution >= 0.6 is 11.6 Å². The SMILES string of the molecule is CCOC(=O)C1=C(C)C(c2ccccc2Cl)NC(=O)N1. The average molecular weight is 295 g/mol. The fourth-order valence-corrected chi connectivity index (χ4v) is 2.31. The maximum Gasteiger partial charge on any atom is 0.354 e. The average Bonchev–Trinajstić information content (AvgIpc) is 2.42. The van der Waals surface area contributed by atoms with Crippen molar-refractivity contribution in [3.63, 3.8) is 0 Å². The van der Waals surface area contributed by atoms with Crippen molar-refractivity contribution in [2.24, 2.45) is 0 Å². The summed E-state index contributed by atoms with van der Waals surface area (Å²) < 4.78 is 4.94. The van der Waals surface area contributed by atoms with Crippen molar-refractivity contribution in [2.75, 3.05) is 6.61 Å². The zero-order chi connectivity index (χ0) is 14.7. The lowest BCUT2D eigenvalue weighted by molar-refractivity contribution is -0.139. The Morgan fingerprint density at radius 3 is 2.75 bits per heavy atom. The predicted molar refractivity (Wildman–Crippen MR) is 75.2 cm³/mol. The Hall–Kier alpha value is -2.01. The van der Waals surface area contributed by atoms with Crippen LogP contribution in [0.3, 0.4) is 0 Å². The van der Waals surface area contributed by atoms with E-state index in [1.165, 1.54) is 0 Å². The van der Waals surface area contributed by atoms with E-state index < -0.39 is 18.0 Å². The first kappa shape index (κ1) is 14.4. The van der Waals surface area contributed by atoms with E-state index in [1.54, 1.807) is 26.0 Å². The van der Waals surface area contributed by atoms with Gasteiger partial charge in [0.1, 0.15) is 5.70 Å². The molecule has 2 N–H and O–H groups in total. The summed E-state index contributed by atoms with van der Waals surface area (Å²) in [5, 5.41) is 5.76. The summed E-state index contributed by atoms with van der Waals surface area (Å²) in [7, 11) is 0. The molecule has 0 aromatic heterocycles. The highest BCUT2D eigenvalue weighted by Gasteiger charge is 2.30. The van der Waals surface area contributed by atoms with Gasteiger partial charge in [-0.1, -0.05) is 29.8 Å². The van der Waals surface area contributed by atoms with Gasteiger partial charge in [0.25, 0.3) is 0 Å². The molecule has 0 spiro atoms. The van der Waals surface area contributed by atoms with Crippen LogP contribution in [0.4, 0.5) is 4.79 Å². The first-order valence-electron chi connectivity index (χ1n) is 6.24. The second-order valence-electron chi connectivity index (χ2n) is 4.33. The van der Waals surface area contributed by atoms with Crippen LogP contribution in [0.2, 0.25) is 5.02 Å². The molecular formula is C14H15ClN2O3. The Balaban J connectivity index is 2.43. The van der Waals surface area contributed by atoms with Gasteiger partial charge in [-0.2, -0.15) is 0 Å². The van der Waals surface area contributed by atoms with Crippen molar-refractivity contribution in [1.82, 2.24) is 10.6 Å². The number of ether oxygens (including phenoxy) is 1. The molecule has 0 saturated heterocycles. The van der Waals surface area contributed by atoms with Gasteiger partial charge >= 0.3 is 12.0 Å². The molecule has 0 bridgehead atoms. The lowest BCUT2D eigenvalue weighted by Gasteiger charge is -2.28. The lowest BCUT2D eigenvalue weighted by Crippen LogP contribution is -2.45. The topological polar surface area (TPSA) is 67.4 Å². The zero-order valence-electron chi connectivity index (χ0n) is 11.2. The minimum atomic E-state index is -0.545. The van der Waals surface area contributed by atoms with Crippen LogP contribution in [0.5, 0.6) is 0 Å². The van der Waals surface area contributed by atoms with Crippen LogP contribution in [0.1, 0.15) is 25.5 Å². The molecule has 1 aromatic rings. The van der Waals surface area contributed by atoms with Crippen molar-refractivity contribution < 1.29 is 14.3 Å². The quantitative estimate of drug-likeness (QED) is 0.842. The van der Waals surface area contributed by atoms with E-state index in [0.717, 1.165) is 5.56 Å². The summed E-state index contributed by atoms with van der Waals surface area (Å²) in [6, 6.07) is 6.28. The fourth-order valence-electron chi connectivity index (χ4n) is 2.07. The molecule has 5 nitrogen and oxygen atoms in total. The highest BCUT2D eigenvalue weighted by molar-refractivity contribution is 6.31. The molecule has 2 amide bonds. The van der Waals surface area contributed by atoms with Gasteiger partial charge in [-0.05, 0) is 31.1 Å². The third-order valence-corrected chi connectivity index (χ3v) is 3.38. The monoisotopic (exact) mass is 294 g/mol. The first-order valence-corrected chi connectivity index (χ1v) is 6.62. The second-order valence-corrected chi connectivity index (χ2v) is 4.74. The number of carbonyl (C=O) groups is 2. The molecule has 1 aromatic carbocycles. The van der Waals surface area contributed by atoms with Gasteiger partial charge in [0, 0.05) is 5.02 Å². The first-order chi connectivity index (χ1) is 9.54. The normalized spacial score (nSPS) is 18.4. The molecule has 1 unspecified atom stereocenters. The minimum Gasteiger partial charge on any atom is -0.461 e. The molecular weight excluding hydrogens is 280 g/mol. The molecule has 0 radical (unpaired) electrons. The largest absolute Gasteiger partial charge is 0.461 e. The summed E-state index contributed by atoms with van der Waals surface area (Å²) in [6.45, 7) is 3.71. The Morgan fingerprint density at radius 2 is 2.10 bits per heavy atom. The highest BCUT2D eigenvalue weighted by Crippen LogP contribution is 2.31. The summed E-state index contributed by atoms with van der Waals surface area (Å²) in [6.07, 6.45) is 0. The van der Waals surface area contributed by atoms with E-state index in [2.05, 4.69) is 10.6 Å². The maximum atomic E-state index is 11.9. The number of esters is 1. The summed E-state index contributed by atoms with van der Waals surface area (Å²) in [5.41, 5.74) is 1.57. The number of amides is 2. The fraction of sp³-hybridized carbons (Fsp3) is 0.286. The third-order valence-electron chi connectivity index (χ3n) is 3.04. The third kappa shape index (κ3) is 2.77. The van der Waals surface area contributed by atoms with Gasteiger partial charge in [0.05, 0.1) is 12.6 Å². The molecule has 0 saturated carbocycles. The highest BCUT2D eigenvalue weighted by atomic mass is 35.5.